The molecule has 3 nitrogen and oxygen atoms in total. The van der Waals surface area contributed by atoms with E-state index in [2.05, 4.69) is 10.6 Å². The third-order valence-corrected chi connectivity index (χ3v) is 3.21. The molecule has 0 fully saturated rings. The van der Waals surface area contributed by atoms with Crippen molar-refractivity contribution in [3.63, 3.8) is 0 Å². The molecule has 2 amide bonds. The SMILES string of the molecule is O=C(NCCc1ccsc1)Nc1c(F)cccc1F. The lowest BCUT2D eigenvalue weighted by atomic mass is 10.2. The van der Waals surface area contributed by atoms with Gasteiger partial charge < -0.3 is 10.6 Å². The smallest absolute Gasteiger partial charge is 0.319 e. The molecule has 0 bridgehead atoms. The highest BCUT2D eigenvalue weighted by Gasteiger charge is 2.11. The minimum absolute atomic E-state index is 0.401. The minimum atomic E-state index is -0.798. The maximum Gasteiger partial charge on any atom is 0.319 e. The Morgan fingerprint density at radius 3 is 2.58 bits per heavy atom. The molecule has 0 spiro atoms. The third kappa shape index (κ3) is 3.75. The summed E-state index contributed by atoms with van der Waals surface area (Å²) < 4.78 is 26.6. The lowest BCUT2D eigenvalue weighted by molar-refractivity contribution is 0.252. The number of anilines is 1. The molecular weight excluding hydrogens is 270 g/mol. The molecule has 2 rings (SSSR count). The maximum atomic E-state index is 13.3. The van der Waals surface area contributed by atoms with E-state index in [9.17, 15) is 13.6 Å². The Morgan fingerprint density at radius 1 is 1.21 bits per heavy atom. The Balaban J connectivity index is 1.84. The fourth-order valence-electron chi connectivity index (χ4n) is 1.53. The average molecular weight is 282 g/mol. The molecule has 0 saturated carbocycles. The zero-order chi connectivity index (χ0) is 13.7. The number of rotatable bonds is 4. The van der Waals surface area contributed by atoms with Crippen molar-refractivity contribution in [2.45, 2.75) is 6.42 Å². The highest BCUT2D eigenvalue weighted by Crippen LogP contribution is 2.17. The first-order chi connectivity index (χ1) is 9.16. The number of hydrogen-bond acceptors (Lipinski definition) is 2. The lowest BCUT2D eigenvalue weighted by Gasteiger charge is -2.08. The van der Waals surface area contributed by atoms with Crippen LogP contribution in [-0.2, 0) is 6.42 Å². The van der Waals surface area contributed by atoms with Crippen LogP contribution in [0.5, 0.6) is 0 Å². The van der Waals surface area contributed by atoms with Crippen LogP contribution >= 0.6 is 11.3 Å². The van der Waals surface area contributed by atoms with Crippen molar-refractivity contribution >= 4 is 23.1 Å². The summed E-state index contributed by atoms with van der Waals surface area (Å²) >= 11 is 1.58. The van der Waals surface area contributed by atoms with E-state index >= 15 is 0 Å². The molecule has 2 aromatic rings. The third-order valence-electron chi connectivity index (χ3n) is 2.48. The van der Waals surface area contributed by atoms with E-state index in [-0.39, 0.29) is 0 Å². The van der Waals surface area contributed by atoms with Gasteiger partial charge in [0.15, 0.2) is 0 Å². The number of carbonyl (C=O) groups excluding carboxylic acids is 1. The van der Waals surface area contributed by atoms with Gasteiger partial charge in [0.1, 0.15) is 17.3 Å². The van der Waals surface area contributed by atoms with Gasteiger partial charge in [0.25, 0.3) is 0 Å². The summed E-state index contributed by atoms with van der Waals surface area (Å²) in [5.41, 5.74) is 0.679. The van der Waals surface area contributed by atoms with E-state index in [0.29, 0.717) is 13.0 Å². The van der Waals surface area contributed by atoms with Gasteiger partial charge in [-0.15, -0.1) is 0 Å². The van der Waals surface area contributed by atoms with E-state index in [1.165, 1.54) is 6.07 Å². The van der Waals surface area contributed by atoms with Gasteiger partial charge in [-0.3, -0.25) is 0 Å². The van der Waals surface area contributed by atoms with E-state index in [4.69, 9.17) is 0 Å². The zero-order valence-electron chi connectivity index (χ0n) is 9.95. The van der Waals surface area contributed by atoms with Crippen molar-refractivity contribution in [3.05, 3.63) is 52.2 Å². The average Bonchev–Trinajstić information content (AvgIpc) is 2.87. The topological polar surface area (TPSA) is 41.1 Å². The van der Waals surface area contributed by atoms with E-state index in [1.807, 2.05) is 16.8 Å². The first-order valence-electron chi connectivity index (χ1n) is 5.67. The van der Waals surface area contributed by atoms with E-state index in [1.54, 1.807) is 11.3 Å². The standard InChI is InChI=1S/C13H12F2N2OS/c14-10-2-1-3-11(15)12(10)17-13(18)16-6-4-9-5-7-19-8-9/h1-3,5,7-8H,4,6H2,(H2,16,17,18). The van der Waals surface area contributed by atoms with Crippen LogP contribution in [0.4, 0.5) is 19.3 Å². The normalized spacial score (nSPS) is 10.2. The summed E-state index contributed by atoms with van der Waals surface area (Å²) in [6.45, 7) is 0.401. The zero-order valence-corrected chi connectivity index (χ0v) is 10.8. The molecule has 1 aromatic carbocycles. The first-order valence-corrected chi connectivity index (χ1v) is 6.61. The van der Waals surface area contributed by atoms with Gasteiger partial charge in [-0.2, -0.15) is 11.3 Å². The Hall–Kier alpha value is -1.95. The van der Waals surface area contributed by atoms with Gasteiger partial charge in [-0.05, 0) is 40.9 Å². The summed E-state index contributed by atoms with van der Waals surface area (Å²) in [5, 5.41) is 8.64. The molecule has 1 aromatic heterocycles. The number of hydrogen-bond donors (Lipinski definition) is 2. The molecule has 2 N–H and O–H groups in total. The first kappa shape index (κ1) is 13.5. The predicted octanol–water partition coefficient (Wildman–Crippen LogP) is 3.39. The van der Waals surface area contributed by atoms with Crippen LogP contribution in [0.15, 0.2) is 35.0 Å². The Labute approximate surface area is 113 Å². The van der Waals surface area contributed by atoms with Crippen molar-refractivity contribution in [2.75, 3.05) is 11.9 Å². The number of thiophene rings is 1. The number of benzene rings is 1. The molecule has 1 heterocycles. The summed E-state index contributed by atoms with van der Waals surface area (Å²) in [5.74, 6) is -1.60. The van der Waals surface area contributed by atoms with Crippen LogP contribution in [0.2, 0.25) is 0 Å². The highest BCUT2D eigenvalue weighted by molar-refractivity contribution is 7.07. The Kier molecular flexibility index (Phi) is 4.46. The number of halogens is 2. The fourth-order valence-corrected chi connectivity index (χ4v) is 2.23. The summed E-state index contributed by atoms with van der Waals surface area (Å²) in [4.78, 5) is 11.5. The molecule has 0 aliphatic carbocycles. The van der Waals surface area contributed by atoms with Crippen LogP contribution in [0.3, 0.4) is 0 Å². The summed E-state index contributed by atoms with van der Waals surface area (Å²) in [7, 11) is 0. The monoisotopic (exact) mass is 282 g/mol. The Morgan fingerprint density at radius 2 is 1.95 bits per heavy atom. The number of carbonyl (C=O) groups is 1. The number of nitrogens with one attached hydrogen (secondary N) is 2. The quantitative estimate of drug-likeness (QED) is 0.886. The molecule has 19 heavy (non-hydrogen) atoms. The van der Waals surface area contributed by atoms with Crippen LogP contribution in [0.25, 0.3) is 0 Å². The van der Waals surface area contributed by atoms with Crippen molar-refractivity contribution in [2.24, 2.45) is 0 Å². The van der Waals surface area contributed by atoms with Gasteiger partial charge in [-0.1, -0.05) is 6.07 Å². The fraction of sp³-hybridized carbons (Fsp3) is 0.154. The number of para-hydroxylation sites is 1. The largest absolute Gasteiger partial charge is 0.338 e. The summed E-state index contributed by atoms with van der Waals surface area (Å²) in [6.07, 6.45) is 0.677. The predicted molar refractivity (Wildman–Crippen MR) is 71.4 cm³/mol. The molecule has 0 radical (unpaired) electrons. The highest BCUT2D eigenvalue weighted by atomic mass is 32.1. The van der Waals surface area contributed by atoms with E-state index < -0.39 is 23.4 Å². The van der Waals surface area contributed by atoms with Gasteiger partial charge in [0.05, 0.1) is 0 Å². The lowest BCUT2D eigenvalue weighted by Crippen LogP contribution is -2.31. The van der Waals surface area contributed by atoms with Gasteiger partial charge in [0.2, 0.25) is 0 Å². The van der Waals surface area contributed by atoms with Crippen LogP contribution in [-0.4, -0.2) is 12.6 Å². The molecule has 0 aliphatic heterocycles. The second-order valence-corrected chi connectivity index (χ2v) is 4.64. The molecule has 0 saturated heterocycles. The number of amides is 2. The molecule has 0 unspecified atom stereocenters. The van der Waals surface area contributed by atoms with E-state index in [0.717, 1.165) is 17.7 Å². The van der Waals surface area contributed by atoms with Crippen LogP contribution < -0.4 is 10.6 Å². The van der Waals surface area contributed by atoms with Crippen molar-refractivity contribution in [1.29, 1.82) is 0 Å². The van der Waals surface area contributed by atoms with Crippen molar-refractivity contribution in [3.8, 4) is 0 Å². The summed E-state index contributed by atoms with van der Waals surface area (Å²) in [6, 6.07) is 4.75. The molecule has 0 aliphatic rings. The second kappa shape index (κ2) is 6.29. The Bertz CT molecular complexity index is 538. The van der Waals surface area contributed by atoms with Gasteiger partial charge in [0, 0.05) is 6.54 Å². The molecule has 0 atom stereocenters. The van der Waals surface area contributed by atoms with Gasteiger partial charge in [-0.25, -0.2) is 13.6 Å². The molecular formula is C13H12F2N2OS. The molecule has 6 heteroatoms. The van der Waals surface area contributed by atoms with Crippen LogP contribution in [0, 0.1) is 11.6 Å². The van der Waals surface area contributed by atoms with Gasteiger partial charge >= 0.3 is 6.03 Å². The second-order valence-electron chi connectivity index (χ2n) is 3.86. The minimum Gasteiger partial charge on any atom is -0.338 e. The number of urea groups is 1. The van der Waals surface area contributed by atoms with Crippen LogP contribution in [0.1, 0.15) is 5.56 Å². The molecule has 100 valence electrons. The maximum absolute atomic E-state index is 13.3. The van der Waals surface area contributed by atoms with Crippen molar-refractivity contribution < 1.29 is 13.6 Å². The van der Waals surface area contributed by atoms with Crippen molar-refractivity contribution in [1.82, 2.24) is 5.32 Å².